The zero-order valence-electron chi connectivity index (χ0n) is 17.9. The molecular formula is C24H29NO4S. The second kappa shape index (κ2) is 10.4. The normalized spacial score (nSPS) is 11.0. The molecule has 6 heteroatoms. The summed E-state index contributed by atoms with van der Waals surface area (Å²) in [5.41, 5.74) is 3.08. The highest BCUT2D eigenvalue weighted by Crippen LogP contribution is 2.30. The van der Waals surface area contributed by atoms with E-state index in [0.29, 0.717) is 24.2 Å². The van der Waals surface area contributed by atoms with Crippen molar-refractivity contribution >= 4 is 34.0 Å². The van der Waals surface area contributed by atoms with E-state index >= 15 is 0 Å². The molecule has 0 aliphatic rings. The summed E-state index contributed by atoms with van der Waals surface area (Å²) in [6, 6.07) is 9.93. The number of carbonyl (C=O) groups excluding carboxylic acids is 1. The summed E-state index contributed by atoms with van der Waals surface area (Å²) in [6.07, 6.45) is 3.28. The number of nitrogens with zero attached hydrogens (tertiary/aromatic N) is 1. The maximum Gasteiger partial charge on any atom is 0.345 e. The summed E-state index contributed by atoms with van der Waals surface area (Å²) in [5.74, 6) is -0.119. The molecular weight excluding hydrogens is 398 g/mol. The fourth-order valence-electron chi connectivity index (χ4n) is 3.61. The van der Waals surface area contributed by atoms with Crippen molar-refractivity contribution in [3.63, 3.8) is 0 Å². The number of anilines is 1. The summed E-state index contributed by atoms with van der Waals surface area (Å²) in [6.45, 7) is 8.19. The van der Waals surface area contributed by atoms with Crippen molar-refractivity contribution in [2.75, 3.05) is 24.6 Å². The van der Waals surface area contributed by atoms with E-state index in [1.807, 2.05) is 36.6 Å². The third kappa shape index (κ3) is 5.30. The molecule has 0 saturated heterocycles. The van der Waals surface area contributed by atoms with Crippen LogP contribution in [0.15, 0.2) is 44.9 Å². The van der Waals surface area contributed by atoms with Crippen molar-refractivity contribution in [2.24, 2.45) is 0 Å². The van der Waals surface area contributed by atoms with Crippen LogP contribution in [0.2, 0.25) is 0 Å². The largest absolute Gasteiger partial charge is 0.466 e. The van der Waals surface area contributed by atoms with Crippen molar-refractivity contribution in [3.8, 4) is 10.4 Å². The molecule has 3 rings (SSSR count). The van der Waals surface area contributed by atoms with Gasteiger partial charge in [-0.2, -0.15) is 0 Å². The molecule has 0 fully saturated rings. The van der Waals surface area contributed by atoms with Gasteiger partial charge >= 0.3 is 11.6 Å². The standard InChI is InChI=1S/C24H29NO4S/c1-4-25(12-8-6-7-11-23(26)28-5-2)18-14-17(3)19-16-20(22-10-9-13-30-22)24(27)29-21(19)15-18/h9-10,13-16H,4-8,11-12H2,1-3H3. The Kier molecular flexibility index (Phi) is 7.69. The topological polar surface area (TPSA) is 59.8 Å². The van der Waals surface area contributed by atoms with Crippen LogP contribution in [0.25, 0.3) is 21.4 Å². The molecule has 0 radical (unpaired) electrons. The minimum atomic E-state index is -0.302. The first-order valence-electron chi connectivity index (χ1n) is 10.6. The van der Waals surface area contributed by atoms with Gasteiger partial charge in [0.25, 0.3) is 0 Å². The zero-order chi connectivity index (χ0) is 21.5. The summed E-state index contributed by atoms with van der Waals surface area (Å²) >= 11 is 1.54. The van der Waals surface area contributed by atoms with E-state index in [1.165, 1.54) is 11.3 Å². The van der Waals surface area contributed by atoms with Crippen LogP contribution < -0.4 is 10.5 Å². The number of ether oxygens (including phenoxy) is 1. The highest BCUT2D eigenvalue weighted by Gasteiger charge is 2.13. The number of rotatable bonds is 10. The van der Waals surface area contributed by atoms with E-state index in [2.05, 4.69) is 24.8 Å². The lowest BCUT2D eigenvalue weighted by Crippen LogP contribution is -2.24. The molecule has 0 spiro atoms. The third-order valence-electron chi connectivity index (χ3n) is 5.19. The molecule has 0 amide bonds. The molecule has 0 aliphatic carbocycles. The molecule has 0 unspecified atom stereocenters. The summed E-state index contributed by atoms with van der Waals surface area (Å²) in [5, 5.41) is 2.92. The summed E-state index contributed by atoms with van der Waals surface area (Å²) in [7, 11) is 0. The lowest BCUT2D eigenvalue weighted by atomic mass is 10.1. The average molecular weight is 428 g/mol. The number of benzene rings is 1. The van der Waals surface area contributed by atoms with Gasteiger partial charge in [0, 0.05) is 41.5 Å². The molecule has 5 nitrogen and oxygen atoms in total. The van der Waals surface area contributed by atoms with Gasteiger partial charge in [0.2, 0.25) is 0 Å². The maximum absolute atomic E-state index is 12.5. The molecule has 0 N–H and O–H groups in total. The van der Waals surface area contributed by atoms with E-state index < -0.39 is 0 Å². The Morgan fingerprint density at radius 3 is 2.70 bits per heavy atom. The number of carbonyl (C=O) groups is 1. The summed E-state index contributed by atoms with van der Waals surface area (Å²) < 4.78 is 10.7. The van der Waals surface area contributed by atoms with Crippen molar-refractivity contribution in [3.05, 3.63) is 51.7 Å². The van der Waals surface area contributed by atoms with E-state index in [1.54, 1.807) is 0 Å². The summed E-state index contributed by atoms with van der Waals surface area (Å²) in [4.78, 5) is 27.2. The number of esters is 1. The maximum atomic E-state index is 12.5. The molecule has 3 aromatic rings. The third-order valence-corrected chi connectivity index (χ3v) is 6.10. The highest BCUT2D eigenvalue weighted by molar-refractivity contribution is 7.13. The number of hydrogen-bond donors (Lipinski definition) is 0. The Balaban J connectivity index is 1.72. The lowest BCUT2D eigenvalue weighted by Gasteiger charge is -2.24. The SMILES string of the molecule is CCOC(=O)CCCCCN(CC)c1cc(C)c2cc(-c3cccs3)c(=O)oc2c1. The first-order valence-corrected chi connectivity index (χ1v) is 11.4. The van der Waals surface area contributed by atoms with E-state index in [-0.39, 0.29) is 11.6 Å². The molecule has 0 atom stereocenters. The van der Waals surface area contributed by atoms with Crippen LogP contribution in [0.3, 0.4) is 0 Å². The van der Waals surface area contributed by atoms with Gasteiger partial charge < -0.3 is 14.1 Å². The first-order chi connectivity index (χ1) is 14.5. The Bertz CT molecular complexity index is 1040. The number of fused-ring (bicyclic) bond motifs is 1. The van der Waals surface area contributed by atoms with Crippen LogP contribution >= 0.6 is 11.3 Å². The van der Waals surface area contributed by atoms with Crippen LogP contribution in [-0.2, 0) is 9.53 Å². The Morgan fingerprint density at radius 2 is 2.00 bits per heavy atom. The Hall–Kier alpha value is -2.60. The zero-order valence-corrected chi connectivity index (χ0v) is 18.7. The molecule has 0 bridgehead atoms. The predicted octanol–water partition coefficient (Wildman–Crippen LogP) is 5.78. The van der Waals surface area contributed by atoms with Gasteiger partial charge in [0.1, 0.15) is 5.58 Å². The molecule has 0 aliphatic heterocycles. The predicted molar refractivity (Wildman–Crippen MR) is 124 cm³/mol. The van der Waals surface area contributed by atoms with Gasteiger partial charge in [-0.1, -0.05) is 12.5 Å². The molecule has 2 aromatic heterocycles. The molecule has 2 heterocycles. The van der Waals surface area contributed by atoms with Crippen molar-refractivity contribution < 1.29 is 13.9 Å². The van der Waals surface area contributed by atoms with Crippen LogP contribution in [0.5, 0.6) is 0 Å². The minimum absolute atomic E-state index is 0.119. The Morgan fingerprint density at radius 1 is 1.17 bits per heavy atom. The number of thiophene rings is 1. The highest BCUT2D eigenvalue weighted by atomic mass is 32.1. The van der Waals surface area contributed by atoms with Crippen LogP contribution in [0.1, 0.15) is 45.1 Å². The number of unbranched alkanes of at least 4 members (excludes halogenated alkanes) is 2. The lowest BCUT2D eigenvalue weighted by molar-refractivity contribution is -0.143. The monoisotopic (exact) mass is 427 g/mol. The molecule has 0 saturated carbocycles. The van der Waals surface area contributed by atoms with Crippen molar-refractivity contribution in [1.82, 2.24) is 0 Å². The van der Waals surface area contributed by atoms with E-state index in [9.17, 15) is 9.59 Å². The second-order valence-corrected chi connectivity index (χ2v) is 8.24. The van der Waals surface area contributed by atoms with Gasteiger partial charge in [0.15, 0.2) is 0 Å². The van der Waals surface area contributed by atoms with E-state index in [4.69, 9.17) is 9.15 Å². The van der Waals surface area contributed by atoms with E-state index in [0.717, 1.165) is 53.9 Å². The number of hydrogen-bond acceptors (Lipinski definition) is 6. The van der Waals surface area contributed by atoms with Crippen LogP contribution in [0, 0.1) is 6.92 Å². The first kappa shape index (κ1) is 22.1. The number of aryl methyl sites for hydroxylation is 1. The second-order valence-electron chi connectivity index (χ2n) is 7.29. The van der Waals surface area contributed by atoms with Crippen molar-refractivity contribution in [1.29, 1.82) is 0 Å². The van der Waals surface area contributed by atoms with Gasteiger partial charge in [-0.3, -0.25) is 4.79 Å². The molecule has 160 valence electrons. The van der Waals surface area contributed by atoms with Gasteiger partial charge in [0.05, 0.1) is 12.2 Å². The minimum Gasteiger partial charge on any atom is -0.466 e. The van der Waals surface area contributed by atoms with Crippen LogP contribution in [-0.4, -0.2) is 25.7 Å². The van der Waals surface area contributed by atoms with Gasteiger partial charge in [-0.05, 0) is 62.8 Å². The Labute approximate surface area is 181 Å². The average Bonchev–Trinajstić information content (AvgIpc) is 3.25. The molecule has 30 heavy (non-hydrogen) atoms. The quantitative estimate of drug-likeness (QED) is 0.233. The fourth-order valence-corrected chi connectivity index (χ4v) is 4.34. The van der Waals surface area contributed by atoms with Gasteiger partial charge in [-0.15, -0.1) is 11.3 Å². The van der Waals surface area contributed by atoms with Crippen molar-refractivity contribution in [2.45, 2.75) is 46.5 Å². The fraction of sp³-hybridized carbons (Fsp3) is 0.417. The van der Waals surface area contributed by atoms with Crippen LogP contribution in [0.4, 0.5) is 5.69 Å². The smallest absolute Gasteiger partial charge is 0.345 e. The van der Waals surface area contributed by atoms with Gasteiger partial charge in [-0.25, -0.2) is 4.79 Å². The molecule has 1 aromatic carbocycles.